The average Bonchev–Trinajstić information content (AvgIpc) is 2.60. The Kier molecular flexibility index (Phi) is 4.36. The SMILES string of the molecule is C[C@@H](O)[C@H]1C(=O)N2C(C(=O)O)=C(CN(C)CCN)[C@H](C)[C@H]12. The summed E-state index contributed by atoms with van der Waals surface area (Å²) in [5.41, 5.74) is 6.33. The van der Waals surface area contributed by atoms with Gasteiger partial charge >= 0.3 is 5.97 Å². The van der Waals surface area contributed by atoms with Crippen LogP contribution < -0.4 is 5.73 Å². The molecule has 0 aliphatic carbocycles. The Labute approximate surface area is 124 Å². The number of carbonyl (C=O) groups is 2. The molecule has 2 aliphatic heterocycles. The van der Waals surface area contributed by atoms with Crippen molar-refractivity contribution in [2.75, 3.05) is 26.7 Å². The summed E-state index contributed by atoms with van der Waals surface area (Å²) < 4.78 is 0. The first-order valence-electron chi connectivity index (χ1n) is 7.17. The van der Waals surface area contributed by atoms with E-state index in [2.05, 4.69) is 0 Å². The second-order valence-electron chi connectivity index (χ2n) is 5.96. The summed E-state index contributed by atoms with van der Waals surface area (Å²) in [6.45, 7) is 5.10. The van der Waals surface area contributed by atoms with Crippen LogP contribution in [0.5, 0.6) is 0 Å². The lowest BCUT2D eigenvalue weighted by Gasteiger charge is -2.46. The number of carboxylic acid groups (broad SMARTS) is 1. The molecule has 118 valence electrons. The van der Waals surface area contributed by atoms with Gasteiger partial charge in [0.1, 0.15) is 5.70 Å². The van der Waals surface area contributed by atoms with Crippen molar-refractivity contribution in [1.29, 1.82) is 0 Å². The number of β-lactam (4-membered cyclic amide) rings is 1. The van der Waals surface area contributed by atoms with Gasteiger partial charge in [-0.25, -0.2) is 4.79 Å². The number of rotatable bonds is 6. The Morgan fingerprint density at radius 2 is 2.14 bits per heavy atom. The normalized spacial score (nSPS) is 29.7. The average molecular weight is 297 g/mol. The molecule has 0 aromatic rings. The molecule has 0 radical (unpaired) electrons. The van der Waals surface area contributed by atoms with Gasteiger partial charge in [0, 0.05) is 25.6 Å². The number of carbonyl (C=O) groups excluding carboxylic acids is 1. The number of hydrogen-bond donors (Lipinski definition) is 3. The fourth-order valence-corrected chi connectivity index (χ4v) is 3.44. The summed E-state index contributed by atoms with van der Waals surface area (Å²) in [5.74, 6) is -1.96. The number of carboxylic acids is 1. The Morgan fingerprint density at radius 1 is 1.52 bits per heavy atom. The van der Waals surface area contributed by atoms with Crippen molar-refractivity contribution in [2.45, 2.75) is 26.0 Å². The smallest absolute Gasteiger partial charge is 0.352 e. The van der Waals surface area contributed by atoms with Crippen LogP contribution in [0.2, 0.25) is 0 Å². The maximum atomic E-state index is 12.1. The maximum absolute atomic E-state index is 12.1. The number of aliphatic carboxylic acids is 1. The summed E-state index contributed by atoms with van der Waals surface area (Å²) in [6, 6.07) is -0.245. The molecule has 0 bridgehead atoms. The van der Waals surface area contributed by atoms with Gasteiger partial charge in [0.25, 0.3) is 0 Å². The third kappa shape index (κ3) is 2.45. The standard InChI is InChI=1S/C14H23N3O4/c1-7-9(6-16(3)5-4-15)12(14(20)21)17-11(7)10(8(2)18)13(17)19/h7-8,10-11,18H,4-6,15H2,1-3H3,(H,20,21)/t7-,8+,10+,11+/m0/s1. The maximum Gasteiger partial charge on any atom is 0.352 e. The second kappa shape index (κ2) is 5.75. The third-order valence-electron chi connectivity index (χ3n) is 4.47. The molecule has 1 fully saturated rings. The van der Waals surface area contributed by atoms with Crippen LogP contribution in [0.3, 0.4) is 0 Å². The largest absolute Gasteiger partial charge is 0.477 e. The molecular weight excluding hydrogens is 274 g/mol. The quantitative estimate of drug-likeness (QED) is 0.547. The number of amides is 1. The summed E-state index contributed by atoms with van der Waals surface area (Å²) in [4.78, 5) is 27.0. The minimum Gasteiger partial charge on any atom is -0.477 e. The molecule has 0 aromatic carbocycles. The fraction of sp³-hybridized carbons (Fsp3) is 0.714. The number of nitrogens with zero attached hydrogens (tertiary/aromatic N) is 2. The zero-order valence-corrected chi connectivity index (χ0v) is 12.6. The Balaban J connectivity index is 2.30. The number of hydrogen-bond acceptors (Lipinski definition) is 5. The van der Waals surface area contributed by atoms with Gasteiger partial charge in [-0.2, -0.15) is 0 Å². The summed E-state index contributed by atoms with van der Waals surface area (Å²) in [6.07, 6.45) is -0.766. The molecule has 1 amide bonds. The van der Waals surface area contributed by atoms with Crippen LogP contribution in [0, 0.1) is 11.8 Å². The van der Waals surface area contributed by atoms with Crippen molar-refractivity contribution in [3.05, 3.63) is 11.3 Å². The minimum absolute atomic E-state index is 0.0753. The number of aliphatic hydroxyl groups excluding tert-OH is 1. The minimum atomic E-state index is -1.09. The number of aliphatic hydroxyl groups is 1. The molecule has 21 heavy (non-hydrogen) atoms. The lowest BCUT2D eigenvalue weighted by atomic mass is 9.77. The van der Waals surface area contributed by atoms with Gasteiger partial charge < -0.3 is 25.7 Å². The Hall–Kier alpha value is -1.44. The first kappa shape index (κ1) is 15.9. The van der Waals surface area contributed by atoms with Crippen LogP contribution in [-0.4, -0.2) is 70.7 Å². The topological polar surface area (TPSA) is 107 Å². The van der Waals surface area contributed by atoms with Gasteiger partial charge in [0.05, 0.1) is 18.1 Å². The van der Waals surface area contributed by atoms with E-state index in [-0.39, 0.29) is 23.6 Å². The highest BCUT2D eigenvalue weighted by Crippen LogP contribution is 2.47. The van der Waals surface area contributed by atoms with Gasteiger partial charge in [-0.1, -0.05) is 6.92 Å². The Bertz CT molecular complexity index is 489. The first-order valence-corrected chi connectivity index (χ1v) is 7.17. The predicted octanol–water partition coefficient (Wildman–Crippen LogP) is -0.927. The van der Waals surface area contributed by atoms with Crippen molar-refractivity contribution >= 4 is 11.9 Å². The van der Waals surface area contributed by atoms with Crippen molar-refractivity contribution in [1.82, 2.24) is 9.80 Å². The van der Waals surface area contributed by atoms with Crippen LogP contribution in [0.25, 0.3) is 0 Å². The van der Waals surface area contributed by atoms with Crippen molar-refractivity contribution in [3.8, 4) is 0 Å². The van der Waals surface area contributed by atoms with E-state index in [1.807, 2.05) is 18.9 Å². The molecule has 0 saturated carbocycles. The molecule has 4 N–H and O–H groups in total. The fourth-order valence-electron chi connectivity index (χ4n) is 3.44. The highest BCUT2D eigenvalue weighted by molar-refractivity contribution is 6.00. The number of nitrogens with two attached hydrogens (primary N) is 1. The molecule has 0 spiro atoms. The summed E-state index contributed by atoms with van der Waals surface area (Å²) >= 11 is 0. The van der Waals surface area contributed by atoms with E-state index >= 15 is 0 Å². The molecule has 7 heteroatoms. The lowest BCUT2D eigenvalue weighted by Crippen LogP contribution is -2.63. The van der Waals surface area contributed by atoms with E-state index in [1.54, 1.807) is 6.92 Å². The highest BCUT2D eigenvalue weighted by Gasteiger charge is 2.59. The number of fused-ring (bicyclic) bond motifs is 1. The van der Waals surface area contributed by atoms with Gasteiger partial charge in [-0.05, 0) is 19.5 Å². The predicted molar refractivity (Wildman–Crippen MR) is 76.2 cm³/mol. The zero-order chi connectivity index (χ0) is 15.9. The Morgan fingerprint density at radius 3 is 2.62 bits per heavy atom. The van der Waals surface area contributed by atoms with Crippen molar-refractivity contribution in [2.24, 2.45) is 17.6 Å². The summed E-state index contributed by atoms with van der Waals surface area (Å²) in [5, 5.41) is 19.2. The van der Waals surface area contributed by atoms with Crippen LogP contribution >= 0.6 is 0 Å². The monoisotopic (exact) mass is 297 g/mol. The van der Waals surface area contributed by atoms with Gasteiger partial charge in [-0.15, -0.1) is 0 Å². The molecule has 7 nitrogen and oxygen atoms in total. The molecule has 2 aliphatic rings. The molecule has 0 aromatic heterocycles. The molecule has 2 heterocycles. The van der Waals surface area contributed by atoms with Gasteiger partial charge in [-0.3, -0.25) is 4.79 Å². The first-order chi connectivity index (χ1) is 9.81. The van der Waals surface area contributed by atoms with Crippen LogP contribution in [0.1, 0.15) is 13.8 Å². The van der Waals surface area contributed by atoms with E-state index in [0.29, 0.717) is 19.6 Å². The van der Waals surface area contributed by atoms with Crippen LogP contribution in [0.15, 0.2) is 11.3 Å². The highest BCUT2D eigenvalue weighted by atomic mass is 16.4. The molecule has 2 rings (SSSR count). The molecule has 0 unspecified atom stereocenters. The van der Waals surface area contributed by atoms with E-state index < -0.39 is 18.0 Å². The lowest BCUT2D eigenvalue weighted by molar-refractivity contribution is -0.163. The van der Waals surface area contributed by atoms with Crippen molar-refractivity contribution in [3.63, 3.8) is 0 Å². The third-order valence-corrected chi connectivity index (χ3v) is 4.47. The van der Waals surface area contributed by atoms with E-state index in [4.69, 9.17) is 5.73 Å². The van der Waals surface area contributed by atoms with E-state index in [1.165, 1.54) is 4.90 Å². The van der Waals surface area contributed by atoms with E-state index in [9.17, 15) is 19.8 Å². The van der Waals surface area contributed by atoms with Crippen molar-refractivity contribution < 1.29 is 19.8 Å². The molecular formula is C14H23N3O4. The van der Waals surface area contributed by atoms with Crippen LogP contribution in [0.4, 0.5) is 0 Å². The van der Waals surface area contributed by atoms with Gasteiger partial charge in [0.2, 0.25) is 5.91 Å². The summed E-state index contributed by atoms with van der Waals surface area (Å²) in [7, 11) is 1.87. The van der Waals surface area contributed by atoms with Crippen LogP contribution in [-0.2, 0) is 9.59 Å². The molecule has 1 saturated heterocycles. The molecule has 4 atom stereocenters. The number of likely N-dealkylation sites (N-methyl/N-ethyl adjacent to an activating group) is 1. The second-order valence-corrected chi connectivity index (χ2v) is 5.96. The zero-order valence-electron chi connectivity index (χ0n) is 12.6. The van der Waals surface area contributed by atoms with E-state index in [0.717, 1.165) is 5.57 Å². The van der Waals surface area contributed by atoms with Gasteiger partial charge in [0.15, 0.2) is 0 Å².